The fraction of sp³-hybridized carbons (Fsp3) is 0.353. The van der Waals surface area contributed by atoms with Crippen LogP contribution >= 0.6 is 11.3 Å². The van der Waals surface area contributed by atoms with Crippen LogP contribution in [-0.4, -0.2) is 33.6 Å². The lowest BCUT2D eigenvalue weighted by molar-refractivity contribution is -0.118. The average Bonchev–Trinajstić information content (AvgIpc) is 3.19. The molecule has 1 N–H and O–H groups in total. The third kappa shape index (κ3) is 3.30. The summed E-state index contributed by atoms with van der Waals surface area (Å²) in [6, 6.07) is 8.92. The van der Waals surface area contributed by atoms with Gasteiger partial charge in [0.2, 0.25) is 5.13 Å². The van der Waals surface area contributed by atoms with Gasteiger partial charge in [-0.2, -0.15) is 5.10 Å². The number of anilines is 2. The smallest absolute Gasteiger partial charge is 0.273 e. The Balaban J connectivity index is 1.52. The predicted molar refractivity (Wildman–Crippen MR) is 96.0 cm³/mol. The van der Waals surface area contributed by atoms with E-state index in [0.717, 1.165) is 23.5 Å². The molecule has 0 spiro atoms. The Kier molecular flexibility index (Phi) is 4.04. The Labute approximate surface area is 148 Å². The lowest BCUT2D eigenvalue weighted by Gasteiger charge is -2.20. The van der Waals surface area contributed by atoms with Crippen LogP contribution in [0.2, 0.25) is 0 Å². The van der Waals surface area contributed by atoms with E-state index in [1.165, 1.54) is 18.3 Å². The Morgan fingerprint density at radius 1 is 1.20 bits per heavy atom. The lowest BCUT2D eigenvalue weighted by atomic mass is 10.1. The second-order valence-corrected chi connectivity index (χ2v) is 7.24. The maximum absolute atomic E-state index is 12.5. The van der Waals surface area contributed by atoms with Crippen molar-refractivity contribution in [2.24, 2.45) is 5.10 Å². The highest BCUT2D eigenvalue weighted by Crippen LogP contribution is 2.42. The van der Waals surface area contributed by atoms with Crippen molar-refractivity contribution in [1.29, 1.82) is 0 Å². The summed E-state index contributed by atoms with van der Waals surface area (Å²) in [6.07, 6.45) is 2.56. The molecule has 0 radical (unpaired) electrons. The van der Waals surface area contributed by atoms with Crippen LogP contribution in [0.4, 0.5) is 10.8 Å². The normalized spacial score (nSPS) is 19.6. The summed E-state index contributed by atoms with van der Waals surface area (Å²) in [5.74, 6) is 0.146. The summed E-state index contributed by atoms with van der Waals surface area (Å²) in [4.78, 5) is 24.5. The molecule has 2 aliphatic rings. The number of hydrogen-bond acceptors (Lipinski definition) is 7. The topological polar surface area (TPSA) is 87.5 Å². The van der Waals surface area contributed by atoms with E-state index in [-0.39, 0.29) is 18.1 Å². The van der Waals surface area contributed by atoms with Crippen LogP contribution < -0.4 is 10.3 Å². The number of Topliss-reactive ketones (excluding diaryl/α,β-unsaturated/α-hetero) is 1. The van der Waals surface area contributed by atoms with Crippen molar-refractivity contribution < 1.29 is 9.59 Å². The minimum atomic E-state index is -0.459. The summed E-state index contributed by atoms with van der Waals surface area (Å²) >= 11 is 1.41. The zero-order valence-electron chi connectivity index (χ0n) is 13.7. The van der Waals surface area contributed by atoms with E-state index in [1.807, 2.05) is 30.3 Å². The quantitative estimate of drug-likeness (QED) is 0.891. The fourth-order valence-corrected chi connectivity index (χ4v) is 3.64. The average molecular weight is 355 g/mol. The molecule has 7 nitrogen and oxygen atoms in total. The molecule has 1 unspecified atom stereocenters. The molecule has 2 heterocycles. The predicted octanol–water partition coefficient (Wildman–Crippen LogP) is 2.58. The van der Waals surface area contributed by atoms with Gasteiger partial charge in [0.25, 0.3) is 5.91 Å². The standard InChI is InChI=1S/C17H17N5O2S/c1-10(23)14-9-13(21-22(14)12-5-3-2-4-6-12)15(24)18-17-20-19-16(25-17)11-7-8-11/h2-6,11,14H,7-9H2,1H3,(H,18,20,24). The highest BCUT2D eigenvalue weighted by atomic mass is 32.1. The molecule has 4 rings (SSSR count). The molecule has 128 valence electrons. The number of benzene rings is 1. The molecule has 0 bridgehead atoms. The zero-order valence-corrected chi connectivity index (χ0v) is 14.5. The molecule has 1 aliphatic heterocycles. The van der Waals surface area contributed by atoms with Crippen LogP contribution in [0, 0.1) is 0 Å². The zero-order chi connectivity index (χ0) is 17.4. The van der Waals surface area contributed by atoms with Gasteiger partial charge in [-0.05, 0) is 31.9 Å². The first-order valence-corrected chi connectivity index (χ1v) is 9.00. The summed E-state index contributed by atoms with van der Waals surface area (Å²) in [5, 5.41) is 18.3. The van der Waals surface area contributed by atoms with E-state index in [9.17, 15) is 9.59 Å². The minimum Gasteiger partial charge on any atom is -0.298 e. The van der Waals surface area contributed by atoms with Gasteiger partial charge in [0, 0.05) is 12.3 Å². The summed E-state index contributed by atoms with van der Waals surface area (Å²) in [7, 11) is 0. The number of carbonyl (C=O) groups excluding carboxylic acids is 2. The first-order valence-electron chi connectivity index (χ1n) is 8.19. The van der Waals surface area contributed by atoms with Gasteiger partial charge in [-0.25, -0.2) is 0 Å². The van der Waals surface area contributed by atoms with Crippen molar-refractivity contribution in [2.45, 2.75) is 38.1 Å². The van der Waals surface area contributed by atoms with Gasteiger partial charge in [-0.1, -0.05) is 29.5 Å². The molecule has 25 heavy (non-hydrogen) atoms. The third-order valence-electron chi connectivity index (χ3n) is 4.25. The van der Waals surface area contributed by atoms with Crippen LogP contribution in [-0.2, 0) is 9.59 Å². The number of rotatable bonds is 5. The van der Waals surface area contributed by atoms with E-state index in [4.69, 9.17) is 0 Å². The van der Waals surface area contributed by atoms with Gasteiger partial charge in [0.1, 0.15) is 16.8 Å². The summed E-state index contributed by atoms with van der Waals surface area (Å²) in [5.41, 5.74) is 1.12. The Hall–Kier alpha value is -2.61. The number of aromatic nitrogens is 2. The molecular weight excluding hydrogens is 338 g/mol. The summed E-state index contributed by atoms with van der Waals surface area (Å²) < 4.78 is 0. The van der Waals surface area contributed by atoms with Crippen LogP contribution in [0.1, 0.15) is 37.1 Å². The molecule has 1 aromatic heterocycles. The van der Waals surface area contributed by atoms with E-state index in [2.05, 4.69) is 20.6 Å². The Morgan fingerprint density at radius 3 is 2.64 bits per heavy atom. The fourth-order valence-electron chi connectivity index (χ4n) is 2.73. The van der Waals surface area contributed by atoms with Gasteiger partial charge in [0.05, 0.1) is 5.69 Å². The molecule has 0 saturated heterocycles. The maximum Gasteiger partial charge on any atom is 0.273 e. The van der Waals surface area contributed by atoms with Crippen molar-refractivity contribution in [3.63, 3.8) is 0 Å². The van der Waals surface area contributed by atoms with Gasteiger partial charge in [-0.15, -0.1) is 10.2 Å². The van der Waals surface area contributed by atoms with Crippen molar-refractivity contribution in [3.05, 3.63) is 35.3 Å². The molecule has 2 aromatic rings. The van der Waals surface area contributed by atoms with Crippen molar-refractivity contribution >= 4 is 39.6 Å². The number of para-hydroxylation sites is 1. The van der Waals surface area contributed by atoms with E-state index < -0.39 is 6.04 Å². The number of nitrogens with zero attached hydrogens (tertiary/aromatic N) is 4. The molecule has 1 atom stereocenters. The monoisotopic (exact) mass is 355 g/mol. The number of ketones is 1. The summed E-state index contributed by atoms with van der Waals surface area (Å²) in [6.45, 7) is 1.52. The SMILES string of the molecule is CC(=O)C1CC(C(=O)Nc2nnc(C3CC3)s2)=NN1c1ccccc1. The molecule has 1 aliphatic carbocycles. The first kappa shape index (κ1) is 15.9. The van der Waals surface area contributed by atoms with Gasteiger partial charge in [-0.3, -0.25) is 19.9 Å². The van der Waals surface area contributed by atoms with Gasteiger partial charge in [0.15, 0.2) is 5.78 Å². The van der Waals surface area contributed by atoms with Gasteiger partial charge >= 0.3 is 0 Å². The first-order chi connectivity index (χ1) is 12.1. The van der Waals surface area contributed by atoms with Crippen LogP contribution in [0.25, 0.3) is 0 Å². The van der Waals surface area contributed by atoms with Crippen LogP contribution in [0.15, 0.2) is 35.4 Å². The second-order valence-electron chi connectivity index (χ2n) is 6.23. The highest BCUT2D eigenvalue weighted by Gasteiger charge is 2.34. The second kappa shape index (κ2) is 6.36. The number of nitrogens with one attached hydrogen (secondary N) is 1. The lowest BCUT2D eigenvalue weighted by Crippen LogP contribution is -2.33. The van der Waals surface area contributed by atoms with Crippen molar-refractivity contribution in [1.82, 2.24) is 10.2 Å². The largest absolute Gasteiger partial charge is 0.298 e. The molecule has 1 fully saturated rings. The highest BCUT2D eigenvalue weighted by molar-refractivity contribution is 7.15. The molecular formula is C17H17N5O2S. The van der Waals surface area contributed by atoms with Gasteiger partial charge < -0.3 is 0 Å². The van der Waals surface area contributed by atoms with Crippen molar-refractivity contribution in [2.75, 3.05) is 10.3 Å². The number of carbonyl (C=O) groups is 2. The maximum atomic E-state index is 12.5. The Morgan fingerprint density at radius 2 is 1.96 bits per heavy atom. The van der Waals surface area contributed by atoms with Crippen LogP contribution in [0.3, 0.4) is 0 Å². The molecule has 1 aromatic carbocycles. The number of hydrazone groups is 1. The number of amides is 1. The van der Waals surface area contributed by atoms with E-state index in [0.29, 0.717) is 16.8 Å². The third-order valence-corrected chi connectivity index (χ3v) is 5.25. The Bertz CT molecular complexity index is 844. The molecule has 1 saturated carbocycles. The van der Waals surface area contributed by atoms with E-state index in [1.54, 1.807) is 5.01 Å². The van der Waals surface area contributed by atoms with Crippen LogP contribution in [0.5, 0.6) is 0 Å². The van der Waals surface area contributed by atoms with Crippen molar-refractivity contribution in [3.8, 4) is 0 Å². The number of hydrogen-bond donors (Lipinski definition) is 1. The van der Waals surface area contributed by atoms with E-state index >= 15 is 0 Å². The molecule has 8 heteroatoms. The molecule has 1 amide bonds. The minimum absolute atomic E-state index is 0.0256.